The van der Waals surface area contributed by atoms with Crippen LogP contribution in [-0.4, -0.2) is 33.5 Å². The van der Waals surface area contributed by atoms with Crippen LogP contribution in [0.1, 0.15) is 17.0 Å². The van der Waals surface area contributed by atoms with E-state index >= 15 is 0 Å². The fourth-order valence-corrected chi connectivity index (χ4v) is 3.96. The van der Waals surface area contributed by atoms with E-state index in [9.17, 15) is 4.79 Å². The Hall–Kier alpha value is -2.97. The summed E-state index contributed by atoms with van der Waals surface area (Å²) in [6, 6.07) is 11.1. The largest absolute Gasteiger partial charge is 0.493 e. The van der Waals surface area contributed by atoms with Crippen LogP contribution in [-0.2, 0) is 17.9 Å². The van der Waals surface area contributed by atoms with E-state index in [0.29, 0.717) is 34.0 Å². The first kappa shape index (κ1) is 23.7. The molecule has 0 spiro atoms. The summed E-state index contributed by atoms with van der Waals surface area (Å²) in [5.74, 6) is 1.95. The SMILES string of the molecule is C=CCn1c(COc2ccc(C)cc2OC)nnc1SCC(=O)Nc1ccc(Cl)cc1C. The molecule has 0 bridgehead atoms. The molecule has 168 valence electrons. The molecule has 2 aromatic carbocycles. The van der Waals surface area contributed by atoms with Crippen molar-refractivity contribution < 1.29 is 14.3 Å². The molecule has 0 atom stereocenters. The van der Waals surface area contributed by atoms with Gasteiger partial charge in [0.25, 0.3) is 0 Å². The fraction of sp³-hybridized carbons (Fsp3) is 0.261. The number of thioether (sulfide) groups is 1. The van der Waals surface area contributed by atoms with Crippen molar-refractivity contribution >= 4 is 35.0 Å². The minimum atomic E-state index is -0.143. The number of hydrogen-bond donors (Lipinski definition) is 1. The third-order valence-electron chi connectivity index (χ3n) is 4.58. The molecule has 0 aliphatic rings. The molecule has 9 heteroatoms. The van der Waals surface area contributed by atoms with E-state index in [-0.39, 0.29) is 18.3 Å². The van der Waals surface area contributed by atoms with Crippen molar-refractivity contribution in [2.75, 3.05) is 18.2 Å². The number of anilines is 1. The number of allylic oxidation sites excluding steroid dienone is 1. The average molecular weight is 473 g/mol. The van der Waals surface area contributed by atoms with Gasteiger partial charge < -0.3 is 14.8 Å². The molecule has 0 aliphatic heterocycles. The molecule has 0 unspecified atom stereocenters. The molecule has 3 aromatic rings. The van der Waals surface area contributed by atoms with E-state index in [0.717, 1.165) is 16.8 Å². The number of hydrogen-bond acceptors (Lipinski definition) is 6. The second-order valence-electron chi connectivity index (χ2n) is 7.04. The summed E-state index contributed by atoms with van der Waals surface area (Å²) >= 11 is 7.27. The lowest BCUT2D eigenvalue weighted by Crippen LogP contribution is -2.15. The summed E-state index contributed by atoms with van der Waals surface area (Å²) in [5.41, 5.74) is 2.71. The number of aromatic nitrogens is 3. The van der Waals surface area contributed by atoms with E-state index in [1.54, 1.807) is 31.4 Å². The summed E-state index contributed by atoms with van der Waals surface area (Å²) in [7, 11) is 1.60. The highest BCUT2D eigenvalue weighted by molar-refractivity contribution is 7.99. The Morgan fingerprint density at radius 1 is 1.22 bits per heavy atom. The molecular weight excluding hydrogens is 448 g/mol. The molecule has 0 aliphatic carbocycles. The number of methoxy groups -OCH3 is 1. The number of amides is 1. The summed E-state index contributed by atoms with van der Waals surface area (Å²) in [4.78, 5) is 12.4. The van der Waals surface area contributed by atoms with Gasteiger partial charge in [0.15, 0.2) is 22.5 Å². The van der Waals surface area contributed by atoms with Crippen molar-refractivity contribution in [1.29, 1.82) is 0 Å². The standard InChI is InChI=1S/C23H25ClN4O3S/c1-5-10-28-21(13-31-19-9-6-15(2)11-20(19)30-4)26-27-23(28)32-14-22(29)25-18-8-7-17(24)12-16(18)3/h5-9,11-12H,1,10,13-14H2,2-4H3,(H,25,29). The fourth-order valence-electron chi connectivity index (χ4n) is 2.97. The first-order valence-corrected chi connectivity index (χ1v) is 11.3. The molecule has 32 heavy (non-hydrogen) atoms. The minimum Gasteiger partial charge on any atom is -0.493 e. The van der Waals surface area contributed by atoms with Gasteiger partial charge in [0, 0.05) is 17.3 Å². The van der Waals surface area contributed by atoms with E-state index in [1.807, 2.05) is 36.6 Å². The van der Waals surface area contributed by atoms with Crippen LogP contribution >= 0.6 is 23.4 Å². The Balaban J connectivity index is 1.65. The number of ether oxygens (including phenoxy) is 2. The zero-order chi connectivity index (χ0) is 23.1. The number of halogens is 1. The van der Waals surface area contributed by atoms with Gasteiger partial charge in [-0.3, -0.25) is 9.36 Å². The summed E-state index contributed by atoms with van der Waals surface area (Å²) in [6.45, 7) is 8.39. The highest BCUT2D eigenvalue weighted by atomic mass is 35.5. The Kier molecular flexibility index (Phi) is 8.19. The summed E-state index contributed by atoms with van der Waals surface area (Å²) in [5, 5.41) is 12.6. The summed E-state index contributed by atoms with van der Waals surface area (Å²) in [6.07, 6.45) is 1.75. The number of carbonyl (C=O) groups excluding carboxylic acids is 1. The van der Waals surface area contributed by atoms with Gasteiger partial charge in [-0.15, -0.1) is 16.8 Å². The smallest absolute Gasteiger partial charge is 0.234 e. The van der Waals surface area contributed by atoms with Crippen LogP contribution < -0.4 is 14.8 Å². The molecule has 1 heterocycles. The molecule has 1 N–H and O–H groups in total. The number of aryl methyl sites for hydroxylation is 2. The van der Waals surface area contributed by atoms with Crippen LogP contribution in [0.2, 0.25) is 5.02 Å². The molecule has 0 radical (unpaired) electrons. The van der Waals surface area contributed by atoms with Gasteiger partial charge in [0.1, 0.15) is 6.61 Å². The normalized spacial score (nSPS) is 10.6. The van der Waals surface area contributed by atoms with E-state index in [4.69, 9.17) is 21.1 Å². The van der Waals surface area contributed by atoms with Gasteiger partial charge in [0.05, 0.1) is 12.9 Å². The molecule has 3 rings (SSSR count). The van der Waals surface area contributed by atoms with Crippen molar-refractivity contribution in [2.45, 2.75) is 32.2 Å². The van der Waals surface area contributed by atoms with Crippen molar-refractivity contribution in [2.24, 2.45) is 0 Å². The molecular formula is C23H25ClN4O3S. The molecule has 0 fully saturated rings. The average Bonchev–Trinajstić information content (AvgIpc) is 3.15. The van der Waals surface area contributed by atoms with Gasteiger partial charge in [-0.25, -0.2) is 0 Å². The third kappa shape index (κ3) is 6.05. The number of carbonyl (C=O) groups is 1. The van der Waals surface area contributed by atoms with Crippen molar-refractivity contribution in [3.63, 3.8) is 0 Å². The van der Waals surface area contributed by atoms with Gasteiger partial charge in [-0.1, -0.05) is 35.5 Å². The van der Waals surface area contributed by atoms with E-state index < -0.39 is 0 Å². The highest BCUT2D eigenvalue weighted by Crippen LogP contribution is 2.29. The topological polar surface area (TPSA) is 78.3 Å². The van der Waals surface area contributed by atoms with Crippen LogP contribution in [0.15, 0.2) is 54.2 Å². The molecule has 7 nitrogen and oxygen atoms in total. The lowest BCUT2D eigenvalue weighted by atomic mass is 10.2. The second kappa shape index (κ2) is 11.1. The second-order valence-corrected chi connectivity index (χ2v) is 8.42. The predicted molar refractivity (Wildman–Crippen MR) is 128 cm³/mol. The maximum absolute atomic E-state index is 12.4. The number of nitrogens with zero attached hydrogens (tertiary/aromatic N) is 3. The first-order chi connectivity index (χ1) is 15.4. The van der Waals surface area contributed by atoms with E-state index in [1.165, 1.54) is 11.8 Å². The van der Waals surface area contributed by atoms with Crippen molar-refractivity contribution in [3.05, 3.63) is 71.0 Å². The molecule has 1 amide bonds. The Morgan fingerprint density at radius 2 is 2.03 bits per heavy atom. The van der Waals surface area contributed by atoms with Crippen LogP contribution in [0.4, 0.5) is 5.69 Å². The number of nitrogens with one attached hydrogen (secondary N) is 1. The minimum absolute atomic E-state index is 0.143. The van der Waals surface area contributed by atoms with Gasteiger partial charge >= 0.3 is 0 Å². The van der Waals surface area contributed by atoms with Crippen molar-refractivity contribution in [1.82, 2.24) is 14.8 Å². The van der Waals surface area contributed by atoms with Gasteiger partial charge in [-0.2, -0.15) is 0 Å². The molecule has 0 saturated heterocycles. The maximum atomic E-state index is 12.4. The molecule has 0 saturated carbocycles. The van der Waals surface area contributed by atoms with Crippen LogP contribution in [0.3, 0.4) is 0 Å². The third-order valence-corrected chi connectivity index (χ3v) is 5.78. The van der Waals surface area contributed by atoms with E-state index in [2.05, 4.69) is 22.1 Å². The maximum Gasteiger partial charge on any atom is 0.234 e. The number of benzene rings is 2. The van der Waals surface area contributed by atoms with Gasteiger partial charge in [0.2, 0.25) is 5.91 Å². The Labute approximate surface area is 196 Å². The first-order valence-electron chi connectivity index (χ1n) is 9.90. The lowest BCUT2D eigenvalue weighted by molar-refractivity contribution is -0.113. The van der Waals surface area contributed by atoms with Crippen LogP contribution in [0, 0.1) is 13.8 Å². The van der Waals surface area contributed by atoms with Crippen LogP contribution in [0.25, 0.3) is 0 Å². The quantitative estimate of drug-likeness (QED) is 0.328. The van der Waals surface area contributed by atoms with Crippen LogP contribution in [0.5, 0.6) is 11.5 Å². The predicted octanol–water partition coefficient (Wildman–Crippen LogP) is 5.05. The molecule has 1 aromatic heterocycles. The Bertz CT molecular complexity index is 1120. The summed E-state index contributed by atoms with van der Waals surface area (Å²) < 4.78 is 13.2. The lowest BCUT2D eigenvalue weighted by Gasteiger charge is -2.12. The van der Waals surface area contributed by atoms with Gasteiger partial charge in [-0.05, 0) is 55.3 Å². The highest BCUT2D eigenvalue weighted by Gasteiger charge is 2.15. The number of rotatable bonds is 10. The Morgan fingerprint density at radius 3 is 2.75 bits per heavy atom. The van der Waals surface area contributed by atoms with Crippen molar-refractivity contribution in [3.8, 4) is 11.5 Å². The zero-order valence-electron chi connectivity index (χ0n) is 18.2. The monoisotopic (exact) mass is 472 g/mol. The zero-order valence-corrected chi connectivity index (χ0v) is 19.8.